The zero-order valence-electron chi connectivity index (χ0n) is 72.7. The Kier molecular flexibility index (Phi) is 81.1. The Morgan fingerprint density at radius 2 is 0.898 bits per heavy atom. The van der Waals surface area contributed by atoms with Crippen LogP contribution in [0.1, 0.15) is 217 Å². The molecule has 0 aliphatic heterocycles. The second-order valence-electron chi connectivity index (χ2n) is 26.7. The first-order valence-corrected chi connectivity index (χ1v) is 35.1. The summed E-state index contributed by atoms with van der Waals surface area (Å²) in [6.07, 6.45) is 12.9. The molecule has 11 aromatic rings. The summed E-state index contributed by atoms with van der Waals surface area (Å²) >= 11 is 0. The van der Waals surface area contributed by atoms with Gasteiger partial charge in [-0.15, -0.1) is 5.56 Å². The van der Waals surface area contributed by atoms with E-state index in [1.807, 2.05) is 65.8 Å². The number of imidazole rings is 2. The summed E-state index contributed by atoms with van der Waals surface area (Å²) in [6, 6.07) is 46.4. The minimum Gasteiger partial charge on any atom is -0.870 e. The van der Waals surface area contributed by atoms with Gasteiger partial charge in [0.1, 0.15) is 11.5 Å². The first kappa shape index (κ1) is 135. The average molecular weight is 2670 g/mol. The van der Waals surface area contributed by atoms with E-state index in [-0.39, 0.29) is 677 Å². The fraction of sp³-hybridized carbons (Fsp3) is 0.284. The molecular formula is C88H90Cs9N4O17-. The van der Waals surface area contributed by atoms with Gasteiger partial charge >= 0.3 is 626 Å². The van der Waals surface area contributed by atoms with Gasteiger partial charge in [-0.05, 0) is 221 Å². The average Bonchev–Trinajstić information content (AvgIpc) is 1.66. The van der Waals surface area contributed by atoms with Gasteiger partial charge in [0.25, 0.3) is 0 Å². The van der Waals surface area contributed by atoms with Crippen LogP contribution in [0.5, 0.6) is 0 Å². The molecule has 0 radical (unpaired) electrons. The molecule has 12 rings (SSSR count). The second-order valence-corrected chi connectivity index (χ2v) is 26.7. The van der Waals surface area contributed by atoms with E-state index in [1.165, 1.54) is 87.5 Å². The smallest absolute Gasteiger partial charge is 0.870 e. The molecule has 1 aliphatic rings. The van der Waals surface area contributed by atoms with Crippen LogP contribution in [0, 0.1) is 103 Å². The van der Waals surface area contributed by atoms with Crippen LogP contribution in [0.15, 0.2) is 146 Å². The number of nitrogens with zero attached hydrogens (tertiary/aromatic N) is 2. The molecule has 3 N–H and O–H groups in total. The van der Waals surface area contributed by atoms with E-state index in [1.54, 1.807) is 88.6 Å². The van der Waals surface area contributed by atoms with Gasteiger partial charge in [0, 0.05) is 28.6 Å². The van der Waals surface area contributed by atoms with Crippen LogP contribution in [0.25, 0.3) is 43.7 Å². The number of nitrogens with one attached hydrogen (secondary N) is 2. The minimum absolute atomic E-state index is 0. The molecule has 0 atom stereocenters. The number of hydrogen-bond donors (Lipinski definition) is 2. The van der Waals surface area contributed by atoms with Crippen LogP contribution in [-0.4, -0.2) is 73.3 Å². The van der Waals surface area contributed by atoms with Gasteiger partial charge in [0.15, 0.2) is 0 Å². The number of carboxylic acid groups (broad SMARTS) is 7. The first-order chi connectivity index (χ1) is 51.1. The fourth-order valence-corrected chi connectivity index (χ4v) is 13.1. The van der Waals surface area contributed by atoms with Gasteiger partial charge in [-0.2, -0.15) is 45.8 Å². The van der Waals surface area contributed by atoms with Crippen LogP contribution in [0.2, 0.25) is 0 Å². The van der Waals surface area contributed by atoms with E-state index < -0.39 is 41.8 Å². The number of aromatic carboxylic acids is 6. The largest absolute Gasteiger partial charge is 1.00 e. The van der Waals surface area contributed by atoms with E-state index in [0.717, 1.165) is 99.3 Å². The normalized spacial score (nSPS) is 10.1. The maximum absolute atomic E-state index is 11.0. The summed E-state index contributed by atoms with van der Waals surface area (Å²) in [5.74, 6) is -7.23. The van der Waals surface area contributed by atoms with Crippen molar-refractivity contribution in [1.82, 2.24) is 19.9 Å². The summed E-state index contributed by atoms with van der Waals surface area (Å²) in [5, 5.41) is 78.2. The zero-order chi connectivity index (χ0) is 80.3. The molecule has 0 bridgehead atoms. The second kappa shape index (κ2) is 70.9. The number of aryl methyl sites for hydroxylation is 13. The van der Waals surface area contributed by atoms with Crippen LogP contribution >= 0.6 is 0 Å². The Labute approximate surface area is 1220 Å². The topological polar surface area (TPSA) is 402 Å². The molecule has 2 heterocycles. The Morgan fingerprint density at radius 3 is 1.32 bits per heavy atom. The van der Waals surface area contributed by atoms with E-state index in [0.29, 0.717) is 17.1 Å². The van der Waals surface area contributed by atoms with Crippen molar-refractivity contribution >= 4 is 80.5 Å². The number of carboxylic acids is 7. The Bertz CT molecular complexity index is 5050. The summed E-state index contributed by atoms with van der Waals surface area (Å²) in [6.45, 7) is 28.7. The monoisotopic (exact) mass is 2670 g/mol. The van der Waals surface area contributed by atoms with Crippen molar-refractivity contribution in [3.8, 4) is 11.1 Å². The molecule has 21 nitrogen and oxygen atoms in total. The minimum atomic E-state index is -1.23. The van der Waals surface area contributed by atoms with E-state index in [9.17, 15) is 69.3 Å². The number of aliphatic carboxylic acids is 1. The number of carbonyl (C=O) groups excluding carboxylic acids is 9. The number of hydrogen-bond acceptors (Lipinski definition) is 19. The number of carbonyl (C=O) groups is 7. The molecule has 0 spiro atoms. The standard InChI is InChI=1S/C28H37O2.C17H14O2.C10H10N2O2.2C9H10O2.C8H7O2.C6H8N2O2.CO2.9Cs.H2O/c1-4-5-6-10-17-28(18-11-8-7-9-12-27(29)30)25-19-21(2)13-15-23(25)24-16-14-22(3)20-26(24)28;1-10-13-5-3-4-6-14(13)11(2)16-9-12(17(18)19)7-8-15(10)16;1-5-3-7(10(13)14)6(2)9-8(5)11-4-12-9;1-6-3-7(2)5-8(4-6)9(10)11;1-6-3-4-8(9(10)11)5-7(6)2;1-6-3-2-4-7(5-6)8(9)10;1-3-5(6(9)10)8-4(2)7-3;2-1-3;;;;;;;;;;/h13-16,19-20H,1,4-12,17-18H2,2-3H3,(H,29,30);3-9H,1-2H3,(H,18,19);3-4H,1-2H3,(H,11,12)(H,13,14);2*3-5H,1-2H3,(H,10,11);2,4-5H,1H3,(H,9,10);1-2H3,(H,7,8)(H,9,10);;;;;;;;;;;1H2/q-1;;;;;-1;;;9*+1;/p-8. The SMILES string of the molecule is Cc1[c-]ccc(C(=O)[O-])c1.Cc1c2ccccc2c(C)c2cc(C(=O)[O-])ccc12.Cc1cc(C(=O)[O-])c(C)c2[nH]cnc12.Cc1cc(C)cc(C(=O)[O-])c1.Cc1ccc(C(=O)[O-])cc1C.Cc1nc(C(=O)[O-])c(C)[nH]1.O=C=O.[CH2-]CCCCCC1(CCCCCCC(=O)[O-])c2cc(C)ccc2-c2ccc(C)cc21.[Cs+].[Cs+].[Cs+].[Cs+].[Cs+].[Cs+].[Cs+].[Cs+].[Cs+].[OH-]. The van der Waals surface area contributed by atoms with E-state index >= 15 is 0 Å². The summed E-state index contributed by atoms with van der Waals surface area (Å²) in [5.41, 5.74) is 20.4. The molecule has 0 fully saturated rings. The number of fused-ring (bicyclic) bond motifs is 6. The maximum Gasteiger partial charge on any atom is 1.00 e. The molecule has 2 aromatic heterocycles. The number of aromatic amines is 2. The maximum atomic E-state index is 11.0. The summed E-state index contributed by atoms with van der Waals surface area (Å²) in [7, 11) is 0. The third-order valence-electron chi connectivity index (χ3n) is 18.5. The van der Waals surface area contributed by atoms with Gasteiger partial charge in [-0.1, -0.05) is 171 Å². The van der Waals surface area contributed by atoms with Crippen molar-refractivity contribution in [1.29, 1.82) is 0 Å². The number of aromatic nitrogens is 4. The zero-order valence-corrected chi connectivity index (χ0v) is 129. The van der Waals surface area contributed by atoms with Crippen molar-refractivity contribution in [3.05, 3.63) is 276 Å². The van der Waals surface area contributed by atoms with Gasteiger partial charge in [-0.3, -0.25) is 0 Å². The van der Waals surface area contributed by atoms with Crippen molar-refractivity contribution < 1.29 is 704 Å². The molecular weight excluding hydrogens is 2580 g/mol. The molecule has 0 unspecified atom stereocenters. The van der Waals surface area contributed by atoms with Crippen molar-refractivity contribution in [2.75, 3.05) is 0 Å². The third-order valence-corrected chi connectivity index (χ3v) is 18.5. The molecule has 9 aromatic carbocycles. The van der Waals surface area contributed by atoms with Crippen molar-refractivity contribution in [3.63, 3.8) is 0 Å². The number of rotatable bonds is 18. The molecule has 0 saturated heterocycles. The predicted molar refractivity (Wildman–Crippen MR) is 403 cm³/mol. The van der Waals surface area contributed by atoms with Gasteiger partial charge in [0.2, 0.25) is 0 Å². The van der Waals surface area contributed by atoms with Gasteiger partial charge in [-0.25, -0.2) is 9.97 Å². The summed E-state index contributed by atoms with van der Waals surface area (Å²) < 4.78 is 0. The molecule has 1 aliphatic carbocycles. The van der Waals surface area contributed by atoms with Gasteiger partial charge in [0.05, 0.1) is 47.2 Å². The molecule has 0 saturated carbocycles. The van der Waals surface area contributed by atoms with Gasteiger partial charge < -0.3 is 91.7 Å². The third kappa shape index (κ3) is 44.0. The molecule has 118 heavy (non-hydrogen) atoms. The van der Waals surface area contributed by atoms with E-state index in [4.69, 9.17) is 9.59 Å². The number of H-pyrrole nitrogens is 2. The molecule has 30 heteroatoms. The number of benzene rings is 9. The summed E-state index contributed by atoms with van der Waals surface area (Å²) in [4.78, 5) is 103. The predicted octanol–water partition coefficient (Wildman–Crippen LogP) is -16.9. The quantitative estimate of drug-likeness (QED) is 0.0458. The Hall–Kier alpha value is 6.28. The van der Waals surface area contributed by atoms with Crippen LogP contribution in [0.4, 0.5) is 0 Å². The Balaban J connectivity index is -0.000000316. The van der Waals surface area contributed by atoms with E-state index in [2.05, 4.69) is 102 Å². The first-order valence-electron chi connectivity index (χ1n) is 35.1. The van der Waals surface area contributed by atoms with Crippen LogP contribution in [-0.2, 0) is 19.8 Å². The van der Waals surface area contributed by atoms with Crippen LogP contribution in [0.3, 0.4) is 0 Å². The fourth-order valence-electron chi connectivity index (χ4n) is 13.1. The molecule has 574 valence electrons. The Morgan fingerprint density at radius 1 is 0.441 bits per heavy atom. The van der Waals surface area contributed by atoms with Crippen LogP contribution < -0.4 is 656 Å². The van der Waals surface area contributed by atoms with Crippen molar-refractivity contribution in [2.45, 2.75) is 166 Å². The van der Waals surface area contributed by atoms with Crippen molar-refractivity contribution in [2.24, 2.45) is 0 Å². The number of unbranched alkanes of at least 4 members (excludes halogenated alkanes) is 6. The molecule has 0 amide bonds.